The number of nitrogens with one attached hydrogen (secondary N) is 2. The average molecular weight is 254 g/mol. The van der Waals surface area contributed by atoms with Crippen LogP contribution < -0.4 is 10.6 Å². The van der Waals surface area contributed by atoms with Crippen LogP contribution in [0.4, 0.5) is 0 Å². The molecule has 2 saturated carbocycles. The molecule has 4 nitrogen and oxygen atoms in total. The fourth-order valence-corrected chi connectivity index (χ4v) is 2.66. The van der Waals surface area contributed by atoms with Crippen LogP contribution in [0.15, 0.2) is 0 Å². The Balaban J connectivity index is 1.63. The highest BCUT2D eigenvalue weighted by Crippen LogP contribution is 2.35. The van der Waals surface area contributed by atoms with Gasteiger partial charge in [-0.05, 0) is 38.1 Å². The lowest BCUT2D eigenvalue weighted by atomic mass is 9.73. The molecule has 2 fully saturated rings. The first-order chi connectivity index (χ1) is 8.60. The highest BCUT2D eigenvalue weighted by molar-refractivity contribution is 5.78. The quantitative estimate of drug-likeness (QED) is 0.664. The third kappa shape index (κ3) is 3.95. The summed E-state index contributed by atoms with van der Waals surface area (Å²) in [6.07, 6.45) is 6.47. The normalized spacial score (nSPS) is 32.2. The van der Waals surface area contributed by atoms with Crippen molar-refractivity contribution in [1.82, 2.24) is 10.6 Å². The Morgan fingerprint density at radius 3 is 2.78 bits per heavy atom. The van der Waals surface area contributed by atoms with Crippen LogP contribution in [0.1, 0.15) is 45.4 Å². The van der Waals surface area contributed by atoms with Gasteiger partial charge in [-0.25, -0.2) is 0 Å². The van der Waals surface area contributed by atoms with Crippen LogP contribution in [-0.4, -0.2) is 36.8 Å². The Morgan fingerprint density at radius 1 is 1.33 bits per heavy atom. The fourth-order valence-electron chi connectivity index (χ4n) is 2.66. The minimum absolute atomic E-state index is 0.0506. The van der Waals surface area contributed by atoms with Crippen LogP contribution in [0.25, 0.3) is 0 Å². The molecule has 0 bridgehead atoms. The lowest BCUT2D eigenvalue weighted by Crippen LogP contribution is -2.47. The van der Waals surface area contributed by atoms with Gasteiger partial charge < -0.3 is 15.7 Å². The summed E-state index contributed by atoms with van der Waals surface area (Å²) in [5.74, 6) is 0.852. The molecule has 0 heterocycles. The summed E-state index contributed by atoms with van der Waals surface area (Å²) in [6.45, 7) is 4.04. The third-order valence-electron chi connectivity index (χ3n) is 4.38. The Bertz CT molecular complexity index is 292. The lowest BCUT2D eigenvalue weighted by Gasteiger charge is -2.38. The minimum Gasteiger partial charge on any atom is -0.392 e. The van der Waals surface area contributed by atoms with Gasteiger partial charge in [-0.1, -0.05) is 19.8 Å². The molecule has 18 heavy (non-hydrogen) atoms. The van der Waals surface area contributed by atoms with Crippen molar-refractivity contribution in [3.05, 3.63) is 0 Å². The highest BCUT2D eigenvalue weighted by Gasteiger charge is 2.35. The van der Waals surface area contributed by atoms with Crippen molar-refractivity contribution >= 4 is 5.91 Å². The number of rotatable bonds is 6. The number of amides is 1. The highest BCUT2D eigenvalue weighted by atomic mass is 16.3. The molecule has 4 heteroatoms. The van der Waals surface area contributed by atoms with Crippen molar-refractivity contribution < 1.29 is 9.90 Å². The maximum atomic E-state index is 11.7. The van der Waals surface area contributed by atoms with E-state index in [1.54, 1.807) is 0 Å². The van der Waals surface area contributed by atoms with E-state index in [2.05, 4.69) is 17.6 Å². The van der Waals surface area contributed by atoms with Crippen molar-refractivity contribution in [3.8, 4) is 0 Å². The molecule has 0 aromatic carbocycles. The van der Waals surface area contributed by atoms with Crippen LogP contribution >= 0.6 is 0 Å². The second-order valence-corrected chi connectivity index (χ2v) is 6.27. The zero-order valence-electron chi connectivity index (χ0n) is 11.4. The molecule has 0 saturated heterocycles. The van der Waals surface area contributed by atoms with Gasteiger partial charge in [0.15, 0.2) is 0 Å². The Morgan fingerprint density at radius 2 is 2.11 bits per heavy atom. The van der Waals surface area contributed by atoms with E-state index < -0.39 is 0 Å². The van der Waals surface area contributed by atoms with Crippen molar-refractivity contribution in [1.29, 1.82) is 0 Å². The monoisotopic (exact) mass is 254 g/mol. The van der Waals surface area contributed by atoms with Crippen molar-refractivity contribution in [2.45, 2.75) is 51.6 Å². The maximum Gasteiger partial charge on any atom is 0.233 e. The largest absolute Gasteiger partial charge is 0.392 e. The summed E-state index contributed by atoms with van der Waals surface area (Å²) < 4.78 is 0. The molecule has 0 radical (unpaired) electrons. The van der Waals surface area contributed by atoms with E-state index in [9.17, 15) is 9.90 Å². The molecule has 3 N–H and O–H groups in total. The molecular weight excluding hydrogens is 228 g/mol. The van der Waals surface area contributed by atoms with Gasteiger partial charge >= 0.3 is 0 Å². The van der Waals surface area contributed by atoms with E-state index >= 15 is 0 Å². The van der Waals surface area contributed by atoms with Gasteiger partial charge in [0.2, 0.25) is 5.91 Å². The van der Waals surface area contributed by atoms with Gasteiger partial charge in [-0.2, -0.15) is 0 Å². The summed E-state index contributed by atoms with van der Waals surface area (Å²) in [6, 6.07) is 0. The van der Waals surface area contributed by atoms with Gasteiger partial charge in [0.05, 0.1) is 12.6 Å². The van der Waals surface area contributed by atoms with E-state index in [4.69, 9.17) is 0 Å². The first-order valence-electron chi connectivity index (χ1n) is 7.26. The first-order valence-corrected chi connectivity index (χ1v) is 7.26. The molecule has 0 spiro atoms. The summed E-state index contributed by atoms with van der Waals surface area (Å²) >= 11 is 0. The number of hydrogen-bond acceptors (Lipinski definition) is 3. The van der Waals surface area contributed by atoms with Crippen LogP contribution in [0.2, 0.25) is 0 Å². The zero-order chi connectivity index (χ0) is 13.0. The van der Waals surface area contributed by atoms with Crippen molar-refractivity contribution in [3.63, 3.8) is 0 Å². The molecule has 2 unspecified atom stereocenters. The van der Waals surface area contributed by atoms with E-state index in [1.807, 2.05) is 0 Å². The number of carbonyl (C=O) groups excluding carboxylic acids is 1. The molecule has 2 atom stereocenters. The van der Waals surface area contributed by atoms with Crippen molar-refractivity contribution in [2.75, 3.05) is 19.6 Å². The molecular formula is C14H26N2O2. The molecule has 0 aliphatic heterocycles. The standard InChI is InChI=1S/C14H26N2O2/c1-14(7-3-2-4-12(14)17)10-16-13(18)9-15-8-11-5-6-11/h11-12,15,17H,2-10H2,1H3,(H,16,18). The molecule has 2 aliphatic carbocycles. The van der Waals surface area contributed by atoms with Gasteiger partial charge in [0.25, 0.3) is 0 Å². The smallest absolute Gasteiger partial charge is 0.233 e. The molecule has 0 aromatic rings. The summed E-state index contributed by atoms with van der Waals surface area (Å²) in [5, 5.41) is 16.2. The van der Waals surface area contributed by atoms with Crippen LogP contribution in [0, 0.1) is 11.3 Å². The molecule has 1 amide bonds. The predicted octanol–water partition coefficient (Wildman–Crippen LogP) is 1.04. The molecule has 104 valence electrons. The SMILES string of the molecule is CC1(CNC(=O)CNCC2CC2)CCCCC1O. The van der Waals surface area contributed by atoms with Gasteiger partial charge in [0.1, 0.15) is 0 Å². The van der Waals surface area contributed by atoms with Gasteiger partial charge in [-0.15, -0.1) is 0 Å². The predicted molar refractivity (Wildman–Crippen MR) is 71.2 cm³/mol. The Labute approximate surface area is 110 Å². The summed E-state index contributed by atoms with van der Waals surface area (Å²) in [4.78, 5) is 11.7. The van der Waals surface area contributed by atoms with E-state index in [0.29, 0.717) is 13.1 Å². The van der Waals surface area contributed by atoms with Crippen LogP contribution in [0.5, 0.6) is 0 Å². The van der Waals surface area contributed by atoms with Crippen LogP contribution in [0.3, 0.4) is 0 Å². The molecule has 0 aromatic heterocycles. The lowest BCUT2D eigenvalue weighted by molar-refractivity contribution is -0.121. The number of aliphatic hydroxyl groups excluding tert-OH is 1. The minimum atomic E-state index is -0.272. The Kier molecular flexibility index (Phi) is 4.62. The average Bonchev–Trinajstić information content (AvgIpc) is 3.15. The van der Waals surface area contributed by atoms with E-state index in [-0.39, 0.29) is 17.4 Å². The number of hydrogen-bond donors (Lipinski definition) is 3. The van der Waals surface area contributed by atoms with Gasteiger partial charge in [0, 0.05) is 12.0 Å². The second kappa shape index (κ2) is 6.02. The number of carbonyl (C=O) groups is 1. The molecule has 2 aliphatic rings. The van der Waals surface area contributed by atoms with E-state index in [1.165, 1.54) is 12.8 Å². The molecule has 2 rings (SSSR count). The Hall–Kier alpha value is -0.610. The fraction of sp³-hybridized carbons (Fsp3) is 0.929. The van der Waals surface area contributed by atoms with Gasteiger partial charge in [-0.3, -0.25) is 4.79 Å². The second-order valence-electron chi connectivity index (χ2n) is 6.27. The summed E-state index contributed by atoms with van der Waals surface area (Å²) in [7, 11) is 0. The first kappa shape index (κ1) is 13.8. The van der Waals surface area contributed by atoms with Crippen molar-refractivity contribution in [2.24, 2.45) is 11.3 Å². The zero-order valence-corrected chi connectivity index (χ0v) is 11.4. The summed E-state index contributed by atoms with van der Waals surface area (Å²) in [5.41, 5.74) is -0.135. The third-order valence-corrected chi connectivity index (χ3v) is 4.38. The topological polar surface area (TPSA) is 61.4 Å². The van der Waals surface area contributed by atoms with E-state index in [0.717, 1.165) is 38.1 Å². The van der Waals surface area contributed by atoms with Crippen LogP contribution in [-0.2, 0) is 4.79 Å². The number of aliphatic hydroxyl groups is 1. The maximum absolute atomic E-state index is 11.7.